The molecule has 5 nitrogen and oxygen atoms in total. The summed E-state index contributed by atoms with van der Waals surface area (Å²) in [6.07, 6.45) is 1.66. The molecule has 25 heavy (non-hydrogen) atoms. The second-order valence-corrected chi connectivity index (χ2v) is 5.51. The molecule has 1 atom stereocenters. The topological polar surface area (TPSA) is 59.1 Å². The van der Waals surface area contributed by atoms with E-state index in [1.165, 1.54) is 12.1 Å². The Morgan fingerprint density at radius 3 is 2.72 bits per heavy atom. The molecule has 0 aliphatic carbocycles. The van der Waals surface area contributed by atoms with Crippen molar-refractivity contribution in [2.75, 3.05) is 17.7 Å². The SMILES string of the molecule is COc1ccccc1Nc1nccc(NC(C)c2cccc(F)c2)n1. The van der Waals surface area contributed by atoms with Crippen molar-refractivity contribution in [3.05, 3.63) is 72.2 Å². The lowest BCUT2D eigenvalue weighted by molar-refractivity contribution is 0.417. The highest BCUT2D eigenvalue weighted by atomic mass is 19.1. The van der Waals surface area contributed by atoms with Crippen LogP contribution in [0.25, 0.3) is 0 Å². The molecule has 0 aliphatic rings. The third kappa shape index (κ3) is 4.23. The maximum atomic E-state index is 13.4. The number of rotatable bonds is 6. The van der Waals surface area contributed by atoms with Gasteiger partial charge in [-0.3, -0.25) is 0 Å². The highest BCUT2D eigenvalue weighted by molar-refractivity contribution is 5.62. The van der Waals surface area contributed by atoms with Gasteiger partial charge >= 0.3 is 0 Å². The van der Waals surface area contributed by atoms with Gasteiger partial charge in [-0.15, -0.1) is 0 Å². The van der Waals surface area contributed by atoms with Crippen LogP contribution in [0.2, 0.25) is 0 Å². The molecule has 3 rings (SSSR count). The Morgan fingerprint density at radius 2 is 1.92 bits per heavy atom. The van der Waals surface area contributed by atoms with Crippen LogP contribution in [0.3, 0.4) is 0 Å². The number of aromatic nitrogens is 2. The summed E-state index contributed by atoms with van der Waals surface area (Å²) >= 11 is 0. The number of ether oxygens (including phenoxy) is 1. The van der Waals surface area contributed by atoms with E-state index < -0.39 is 0 Å². The van der Waals surface area contributed by atoms with Crippen LogP contribution in [0.1, 0.15) is 18.5 Å². The van der Waals surface area contributed by atoms with E-state index in [0.717, 1.165) is 11.3 Å². The van der Waals surface area contributed by atoms with Gasteiger partial charge in [0.05, 0.1) is 18.8 Å². The number of nitrogens with one attached hydrogen (secondary N) is 2. The second kappa shape index (κ2) is 7.61. The van der Waals surface area contributed by atoms with Gasteiger partial charge in [-0.1, -0.05) is 24.3 Å². The minimum atomic E-state index is -0.257. The third-order valence-electron chi connectivity index (χ3n) is 3.72. The molecule has 128 valence electrons. The van der Waals surface area contributed by atoms with Crippen molar-refractivity contribution in [1.29, 1.82) is 0 Å². The Hall–Kier alpha value is -3.15. The fourth-order valence-electron chi connectivity index (χ4n) is 2.45. The number of hydrogen-bond acceptors (Lipinski definition) is 5. The predicted molar refractivity (Wildman–Crippen MR) is 96.7 cm³/mol. The van der Waals surface area contributed by atoms with Gasteiger partial charge in [0.1, 0.15) is 17.4 Å². The number of hydrogen-bond donors (Lipinski definition) is 2. The van der Waals surface area contributed by atoms with Gasteiger partial charge in [0.25, 0.3) is 0 Å². The van der Waals surface area contributed by atoms with E-state index in [2.05, 4.69) is 20.6 Å². The minimum Gasteiger partial charge on any atom is -0.495 e. The largest absolute Gasteiger partial charge is 0.495 e. The second-order valence-electron chi connectivity index (χ2n) is 5.51. The average molecular weight is 338 g/mol. The molecule has 2 N–H and O–H groups in total. The Morgan fingerprint density at radius 1 is 1.08 bits per heavy atom. The van der Waals surface area contributed by atoms with Gasteiger partial charge < -0.3 is 15.4 Å². The maximum Gasteiger partial charge on any atom is 0.229 e. The summed E-state index contributed by atoms with van der Waals surface area (Å²) in [7, 11) is 1.61. The number of anilines is 3. The molecule has 0 fully saturated rings. The molecule has 0 amide bonds. The molecule has 3 aromatic rings. The van der Waals surface area contributed by atoms with Crippen molar-refractivity contribution in [3.63, 3.8) is 0 Å². The zero-order valence-corrected chi connectivity index (χ0v) is 14.0. The van der Waals surface area contributed by atoms with Crippen LogP contribution in [0.4, 0.5) is 21.8 Å². The Kier molecular flexibility index (Phi) is 5.09. The van der Waals surface area contributed by atoms with Crippen molar-refractivity contribution in [2.45, 2.75) is 13.0 Å². The van der Waals surface area contributed by atoms with Crippen LogP contribution >= 0.6 is 0 Å². The molecule has 0 aliphatic heterocycles. The monoisotopic (exact) mass is 338 g/mol. The lowest BCUT2D eigenvalue weighted by Crippen LogP contribution is -2.09. The molecule has 0 bridgehead atoms. The lowest BCUT2D eigenvalue weighted by atomic mass is 10.1. The number of para-hydroxylation sites is 2. The maximum absolute atomic E-state index is 13.4. The van der Waals surface area contributed by atoms with Crippen molar-refractivity contribution in [1.82, 2.24) is 9.97 Å². The lowest BCUT2D eigenvalue weighted by Gasteiger charge is -2.16. The average Bonchev–Trinajstić information content (AvgIpc) is 2.62. The zero-order valence-electron chi connectivity index (χ0n) is 14.0. The van der Waals surface area contributed by atoms with Gasteiger partial charge in [0.2, 0.25) is 5.95 Å². The van der Waals surface area contributed by atoms with Gasteiger partial charge in [-0.05, 0) is 42.8 Å². The molecule has 0 saturated heterocycles. The quantitative estimate of drug-likeness (QED) is 0.691. The fraction of sp³-hybridized carbons (Fsp3) is 0.158. The first-order valence-electron chi connectivity index (χ1n) is 7.91. The Bertz CT molecular complexity index is 856. The molecule has 0 spiro atoms. The molecule has 6 heteroatoms. The van der Waals surface area contributed by atoms with Gasteiger partial charge in [0.15, 0.2) is 0 Å². The van der Waals surface area contributed by atoms with Crippen LogP contribution < -0.4 is 15.4 Å². The summed E-state index contributed by atoms with van der Waals surface area (Å²) in [5, 5.41) is 6.39. The van der Waals surface area contributed by atoms with Gasteiger partial charge in [-0.25, -0.2) is 9.37 Å². The fourth-order valence-corrected chi connectivity index (χ4v) is 2.45. The Labute approximate surface area is 145 Å². The smallest absolute Gasteiger partial charge is 0.229 e. The van der Waals surface area contributed by atoms with Crippen LogP contribution in [0, 0.1) is 5.82 Å². The van der Waals surface area contributed by atoms with Gasteiger partial charge in [0, 0.05) is 6.20 Å². The molecular weight excluding hydrogens is 319 g/mol. The first-order chi connectivity index (χ1) is 12.2. The third-order valence-corrected chi connectivity index (χ3v) is 3.72. The number of nitrogens with zero attached hydrogens (tertiary/aromatic N) is 2. The highest BCUT2D eigenvalue weighted by Gasteiger charge is 2.09. The summed E-state index contributed by atoms with van der Waals surface area (Å²) in [5.74, 6) is 1.54. The van der Waals surface area contributed by atoms with Crippen molar-refractivity contribution < 1.29 is 9.13 Å². The van der Waals surface area contributed by atoms with E-state index in [1.54, 1.807) is 25.4 Å². The van der Waals surface area contributed by atoms with Crippen LogP contribution in [-0.4, -0.2) is 17.1 Å². The van der Waals surface area contributed by atoms with E-state index in [9.17, 15) is 4.39 Å². The summed E-state index contributed by atoms with van der Waals surface area (Å²) in [6, 6.07) is 15.7. The molecule has 2 aromatic carbocycles. The first-order valence-corrected chi connectivity index (χ1v) is 7.91. The van der Waals surface area contributed by atoms with Crippen LogP contribution in [-0.2, 0) is 0 Å². The van der Waals surface area contributed by atoms with E-state index in [0.29, 0.717) is 17.5 Å². The molecule has 1 heterocycles. The predicted octanol–water partition coefficient (Wildman–Crippen LogP) is 4.54. The molecule has 1 unspecified atom stereocenters. The van der Waals surface area contributed by atoms with Crippen LogP contribution in [0.5, 0.6) is 5.75 Å². The summed E-state index contributed by atoms with van der Waals surface area (Å²) in [6.45, 7) is 1.95. The van der Waals surface area contributed by atoms with Gasteiger partial charge in [-0.2, -0.15) is 4.98 Å². The summed E-state index contributed by atoms with van der Waals surface area (Å²) < 4.78 is 18.7. The minimum absolute atomic E-state index is 0.0929. The van der Waals surface area contributed by atoms with Crippen LogP contribution in [0.15, 0.2) is 60.8 Å². The zero-order chi connectivity index (χ0) is 17.6. The first kappa shape index (κ1) is 16.7. The summed E-state index contributed by atoms with van der Waals surface area (Å²) in [4.78, 5) is 8.68. The van der Waals surface area contributed by atoms with E-state index in [4.69, 9.17) is 4.74 Å². The molecule has 1 aromatic heterocycles. The van der Waals surface area contributed by atoms with Crippen molar-refractivity contribution in [2.24, 2.45) is 0 Å². The number of methoxy groups -OCH3 is 1. The highest BCUT2D eigenvalue weighted by Crippen LogP contribution is 2.26. The standard InChI is InChI=1S/C19H19FN4O/c1-13(14-6-5-7-15(20)12-14)22-18-10-11-21-19(24-18)23-16-8-3-4-9-17(16)25-2/h3-13H,1-2H3,(H2,21,22,23,24). The summed E-state index contributed by atoms with van der Waals surface area (Å²) in [5.41, 5.74) is 1.62. The molecule has 0 radical (unpaired) electrons. The van der Waals surface area contributed by atoms with Crippen molar-refractivity contribution >= 4 is 17.5 Å². The number of benzene rings is 2. The van der Waals surface area contributed by atoms with Crippen molar-refractivity contribution in [3.8, 4) is 5.75 Å². The normalized spacial score (nSPS) is 11.6. The molecular formula is C19H19FN4O. The number of halogens is 1. The van der Waals surface area contributed by atoms with E-state index >= 15 is 0 Å². The van der Waals surface area contributed by atoms with E-state index in [1.807, 2.05) is 37.3 Å². The molecule has 0 saturated carbocycles. The Balaban J connectivity index is 1.75. The van der Waals surface area contributed by atoms with E-state index in [-0.39, 0.29) is 11.9 Å².